The van der Waals surface area contributed by atoms with E-state index in [1.807, 2.05) is 42.3 Å². The number of aryl methyl sites for hydroxylation is 1. The lowest BCUT2D eigenvalue weighted by Crippen LogP contribution is -2.40. The molecule has 0 aliphatic carbocycles. The van der Waals surface area contributed by atoms with Gasteiger partial charge in [-0.15, -0.1) is 0 Å². The van der Waals surface area contributed by atoms with Crippen LogP contribution < -0.4 is 4.74 Å². The van der Waals surface area contributed by atoms with Gasteiger partial charge in [-0.1, -0.05) is 26.0 Å². The molecule has 164 valence electrons. The molecule has 1 aromatic carbocycles. The molecular weight excluding hydrogens is 392 g/mol. The Bertz CT molecular complexity index is 1050. The van der Waals surface area contributed by atoms with Crippen LogP contribution in [0.4, 0.5) is 0 Å². The van der Waals surface area contributed by atoms with E-state index in [9.17, 15) is 4.79 Å². The number of carbonyl (C=O) groups excluding carboxylic acids is 1. The number of ether oxygens (including phenoxy) is 1. The number of hydrogen-bond donors (Lipinski definition) is 0. The maximum absolute atomic E-state index is 13.1. The molecule has 1 aliphatic rings. The molecule has 1 amide bonds. The summed E-state index contributed by atoms with van der Waals surface area (Å²) >= 11 is 0. The van der Waals surface area contributed by atoms with E-state index in [-0.39, 0.29) is 17.7 Å². The number of aromatic nitrogens is 3. The number of methoxy groups -OCH3 is 1. The molecule has 0 radical (unpaired) electrons. The Labute approximate surface area is 183 Å². The van der Waals surface area contributed by atoms with Crippen molar-refractivity contribution in [3.05, 3.63) is 65.1 Å². The Kier molecular flexibility index (Phi) is 6.11. The van der Waals surface area contributed by atoms with Gasteiger partial charge < -0.3 is 14.1 Å². The second-order valence-electron chi connectivity index (χ2n) is 8.52. The van der Waals surface area contributed by atoms with Crippen molar-refractivity contribution in [3.8, 4) is 5.75 Å². The third-order valence-corrected chi connectivity index (χ3v) is 5.85. The lowest BCUT2D eigenvalue weighted by Gasteiger charge is -2.31. The highest BCUT2D eigenvalue weighted by atomic mass is 16.5. The lowest BCUT2D eigenvalue weighted by molar-refractivity contribution is 0.0686. The molecule has 2 aromatic heterocycles. The highest BCUT2D eigenvalue weighted by molar-refractivity contribution is 5.92. The summed E-state index contributed by atoms with van der Waals surface area (Å²) in [6.07, 6.45) is 4.35. The van der Waals surface area contributed by atoms with Crippen LogP contribution in [0.3, 0.4) is 0 Å². The first-order valence-corrected chi connectivity index (χ1v) is 10.9. The topological polar surface area (TPSA) is 73.4 Å². The number of rotatable bonds is 6. The molecule has 7 nitrogen and oxygen atoms in total. The smallest absolute Gasteiger partial charge is 0.272 e. The molecule has 0 bridgehead atoms. The number of oxazole rings is 1. The monoisotopic (exact) mass is 422 g/mol. The average Bonchev–Trinajstić information content (AvgIpc) is 3.40. The molecular formula is C24H30N4O3. The Morgan fingerprint density at radius 1 is 1.32 bits per heavy atom. The summed E-state index contributed by atoms with van der Waals surface area (Å²) < 4.78 is 13.1. The number of carbonyl (C=O) groups is 1. The predicted molar refractivity (Wildman–Crippen MR) is 117 cm³/mol. The van der Waals surface area contributed by atoms with Gasteiger partial charge in [0.25, 0.3) is 5.91 Å². The molecule has 3 aromatic rings. The zero-order valence-electron chi connectivity index (χ0n) is 18.7. The average molecular weight is 423 g/mol. The molecule has 1 fully saturated rings. The minimum Gasteiger partial charge on any atom is -0.497 e. The first kappa shape index (κ1) is 21.2. The van der Waals surface area contributed by atoms with E-state index < -0.39 is 0 Å². The van der Waals surface area contributed by atoms with Crippen molar-refractivity contribution in [2.24, 2.45) is 7.05 Å². The fourth-order valence-electron chi connectivity index (χ4n) is 4.07. The maximum Gasteiger partial charge on any atom is 0.272 e. The van der Waals surface area contributed by atoms with Crippen LogP contribution in [0, 0.1) is 0 Å². The van der Waals surface area contributed by atoms with E-state index >= 15 is 0 Å². The standard InChI is InChI=1S/C24H30N4O3/c1-16(2)21-13-22(27(3)26-21)24(29)28-10-6-8-18(15-28)23-25-14-20(31-23)12-17-7-5-9-19(11-17)30-4/h5,7,9,11,13-14,16,18H,6,8,10,12,15H2,1-4H3/t18-/m1/s1. The molecule has 4 rings (SSSR count). The van der Waals surface area contributed by atoms with Gasteiger partial charge in [-0.05, 0) is 42.5 Å². The molecule has 1 aliphatic heterocycles. The summed E-state index contributed by atoms with van der Waals surface area (Å²) in [4.78, 5) is 19.6. The fraction of sp³-hybridized carbons (Fsp3) is 0.458. The van der Waals surface area contributed by atoms with Gasteiger partial charge >= 0.3 is 0 Å². The van der Waals surface area contributed by atoms with Gasteiger partial charge in [0.1, 0.15) is 17.2 Å². The van der Waals surface area contributed by atoms with E-state index in [1.165, 1.54) is 0 Å². The summed E-state index contributed by atoms with van der Waals surface area (Å²) in [6, 6.07) is 9.86. The van der Waals surface area contributed by atoms with Crippen molar-refractivity contribution in [1.82, 2.24) is 19.7 Å². The molecule has 0 unspecified atom stereocenters. The third kappa shape index (κ3) is 4.65. The van der Waals surface area contributed by atoms with Crippen molar-refractivity contribution < 1.29 is 13.9 Å². The van der Waals surface area contributed by atoms with Crippen LogP contribution in [0.2, 0.25) is 0 Å². The van der Waals surface area contributed by atoms with Crippen molar-refractivity contribution in [2.75, 3.05) is 20.2 Å². The molecule has 0 spiro atoms. The molecule has 0 saturated carbocycles. The highest BCUT2D eigenvalue weighted by Gasteiger charge is 2.30. The van der Waals surface area contributed by atoms with Gasteiger partial charge in [0.15, 0.2) is 5.89 Å². The van der Waals surface area contributed by atoms with Crippen molar-refractivity contribution in [3.63, 3.8) is 0 Å². The second-order valence-corrected chi connectivity index (χ2v) is 8.52. The van der Waals surface area contributed by atoms with Gasteiger partial charge in [0.2, 0.25) is 0 Å². The largest absolute Gasteiger partial charge is 0.497 e. The van der Waals surface area contributed by atoms with Crippen LogP contribution in [0.1, 0.15) is 71.9 Å². The number of amides is 1. The summed E-state index contributed by atoms with van der Waals surface area (Å²) in [6.45, 7) is 5.52. The third-order valence-electron chi connectivity index (χ3n) is 5.85. The molecule has 1 saturated heterocycles. The van der Waals surface area contributed by atoms with Crippen LogP contribution in [0.5, 0.6) is 5.75 Å². The number of likely N-dealkylation sites (tertiary alicyclic amines) is 1. The maximum atomic E-state index is 13.1. The SMILES string of the molecule is COc1cccc(Cc2cnc([C@@H]3CCCN(C(=O)c4cc(C(C)C)nn4C)C3)o2)c1. The Morgan fingerprint density at radius 3 is 2.90 bits per heavy atom. The summed E-state index contributed by atoms with van der Waals surface area (Å²) in [5.74, 6) is 2.78. The van der Waals surface area contributed by atoms with Crippen LogP contribution in [-0.2, 0) is 13.5 Å². The zero-order valence-corrected chi connectivity index (χ0v) is 18.7. The van der Waals surface area contributed by atoms with E-state index in [0.717, 1.165) is 42.2 Å². The van der Waals surface area contributed by atoms with Gasteiger partial charge in [0, 0.05) is 26.6 Å². The Balaban J connectivity index is 1.44. The van der Waals surface area contributed by atoms with Crippen molar-refractivity contribution in [2.45, 2.75) is 44.9 Å². The van der Waals surface area contributed by atoms with Gasteiger partial charge in [-0.3, -0.25) is 9.48 Å². The summed E-state index contributed by atoms with van der Waals surface area (Å²) in [7, 11) is 3.50. The van der Waals surface area contributed by atoms with E-state index in [0.29, 0.717) is 24.6 Å². The second kappa shape index (κ2) is 8.96. The fourth-order valence-corrected chi connectivity index (χ4v) is 4.07. The Morgan fingerprint density at radius 2 is 2.16 bits per heavy atom. The minimum atomic E-state index is 0.0229. The van der Waals surface area contributed by atoms with Crippen LogP contribution in [0.25, 0.3) is 0 Å². The first-order valence-electron chi connectivity index (χ1n) is 10.9. The minimum absolute atomic E-state index is 0.0229. The quantitative estimate of drug-likeness (QED) is 0.597. The number of nitrogens with zero attached hydrogens (tertiary/aromatic N) is 4. The van der Waals surface area contributed by atoms with Crippen molar-refractivity contribution in [1.29, 1.82) is 0 Å². The summed E-state index contributed by atoms with van der Waals surface area (Å²) in [5, 5.41) is 4.49. The molecule has 1 atom stereocenters. The van der Waals surface area contributed by atoms with Crippen LogP contribution in [0.15, 0.2) is 40.9 Å². The van der Waals surface area contributed by atoms with E-state index in [2.05, 4.69) is 23.9 Å². The normalized spacial score (nSPS) is 16.7. The number of hydrogen-bond acceptors (Lipinski definition) is 5. The molecule has 3 heterocycles. The van der Waals surface area contributed by atoms with Gasteiger partial charge in [0.05, 0.1) is 24.9 Å². The highest BCUT2D eigenvalue weighted by Crippen LogP contribution is 2.28. The van der Waals surface area contributed by atoms with Crippen LogP contribution in [-0.4, -0.2) is 45.8 Å². The lowest BCUT2D eigenvalue weighted by atomic mass is 9.97. The first-order chi connectivity index (χ1) is 14.9. The molecule has 0 N–H and O–H groups in total. The van der Waals surface area contributed by atoms with E-state index in [1.54, 1.807) is 18.0 Å². The number of piperidine rings is 1. The van der Waals surface area contributed by atoms with Crippen LogP contribution >= 0.6 is 0 Å². The number of benzene rings is 1. The van der Waals surface area contributed by atoms with Gasteiger partial charge in [-0.25, -0.2) is 4.98 Å². The molecule has 31 heavy (non-hydrogen) atoms. The van der Waals surface area contributed by atoms with Gasteiger partial charge in [-0.2, -0.15) is 5.10 Å². The zero-order chi connectivity index (χ0) is 22.0. The summed E-state index contributed by atoms with van der Waals surface area (Å²) in [5.41, 5.74) is 2.68. The Hall–Kier alpha value is -3.09. The predicted octanol–water partition coefficient (Wildman–Crippen LogP) is 4.15. The molecule has 7 heteroatoms. The van der Waals surface area contributed by atoms with E-state index in [4.69, 9.17) is 9.15 Å². The van der Waals surface area contributed by atoms with Crippen molar-refractivity contribution >= 4 is 5.91 Å².